The first-order valence-corrected chi connectivity index (χ1v) is 8.56. The highest BCUT2D eigenvalue weighted by Gasteiger charge is 2.16. The van der Waals surface area contributed by atoms with Gasteiger partial charge in [-0.15, -0.1) is 0 Å². The van der Waals surface area contributed by atoms with Gasteiger partial charge in [0.15, 0.2) is 0 Å². The van der Waals surface area contributed by atoms with Crippen LogP contribution < -0.4 is 9.47 Å². The third kappa shape index (κ3) is 4.37. The summed E-state index contributed by atoms with van der Waals surface area (Å²) in [4.78, 5) is 6.24. The van der Waals surface area contributed by atoms with Gasteiger partial charge in [0.1, 0.15) is 17.3 Å². The lowest BCUT2D eigenvalue weighted by molar-refractivity contribution is 0.258. The van der Waals surface area contributed by atoms with Crippen LogP contribution in [0.15, 0.2) is 40.9 Å². The Morgan fingerprint density at radius 1 is 1.15 bits per heavy atom. The zero-order valence-corrected chi connectivity index (χ0v) is 16.0. The summed E-state index contributed by atoms with van der Waals surface area (Å²) in [5.41, 5.74) is 1.12. The van der Waals surface area contributed by atoms with Crippen LogP contribution in [-0.2, 0) is 13.1 Å². The Morgan fingerprint density at radius 3 is 2.67 bits per heavy atom. The molecule has 0 saturated heterocycles. The molecule has 3 rings (SSSR count). The zero-order chi connectivity index (χ0) is 19.4. The summed E-state index contributed by atoms with van der Waals surface area (Å²) >= 11 is 6.08. The molecule has 2 aromatic carbocycles. The van der Waals surface area contributed by atoms with Gasteiger partial charge in [0.2, 0.25) is 11.7 Å². The highest BCUT2D eigenvalue weighted by Crippen LogP contribution is 2.31. The van der Waals surface area contributed by atoms with Crippen LogP contribution in [0, 0.1) is 5.82 Å². The molecule has 0 bridgehead atoms. The number of halogens is 2. The fraction of sp³-hybridized carbons (Fsp3) is 0.263. The number of methoxy groups -OCH3 is 2. The minimum atomic E-state index is -0.344. The third-order valence-electron chi connectivity index (χ3n) is 4.01. The average Bonchev–Trinajstić information content (AvgIpc) is 3.12. The molecular formula is C19H19ClFN3O3. The van der Waals surface area contributed by atoms with Crippen molar-refractivity contribution in [2.75, 3.05) is 21.3 Å². The van der Waals surface area contributed by atoms with Crippen LogP contribution in [0.3, 0.4) is 0 Å². The van der Waals surface area contributed by atoms with E-state index in [1.54, 1.807) is 44.6 Å². The lowest BCUT2D eigenvalue weighted by atomic mass is 10.2. The highest BCUT2D eigenvalue weighted by molar-refractivity contribution is 6.31. The van der Waals surface area contributed by atoms with Crippen molar-refractivity contribution < 1.29 is 18.4 Å². The number of ether oxygens (including phenoxy) is 2. The predicted molar refractivity (Wildman–Crippen MR) is 99.4 cm³/mol. The number of aromatic nitrogens is 2. The van der Waals surface area contributed by atoms with E-state index >= 15 is 0 Å². The van der Waals surface area contributed by atoms with E-state index in [0.717, 1.165) is 0 Å². The van der Waals surface area contributed by atoms with Gasteiger partial charge in [-0.3, -0.25) is 4.90 Å². The molecule has 0 unspecified atom stereocenters. The second kappa shape index (κ2) is 8.37. The molecule has 0 aliphatic carbocycles. The van der Waals surface area contributed by atoms with Crippen molar-refractivity contribution in [1.82, 2.24) is 15.0 Å². The van der Waals surface area contributed by atoms with Gasteiger partial charge in [-0.05, 0) is 31.3 Å². The molecule has 3 aromatic rings. The first-order chi connectivity index (χ1) is 13.0. The lowest BCUT2D eigenvalue weighted by Crippen LogP contribution is -2.18. The van der Waals surface area contributed by atoms with Crippen molar-refractivity contribution in [1.29, 1.82) is 0 Å². The van der Waals surface area contributed by atoms with Crippen LogP contribution in [-0.4, -0.2) is 36.3 Å². The number of hydrogen-bond acceptors (Lipinski definition) is 6. The van der Waals surface area contributed by atoms with E-state index in [1.807, 2.05) is 11.9 Å². The molecule has 0 fully saturated rings. The van der Waals surface area contributed by atoms with Crippen molar-refractivity contribution in [2.24, 2.45) is 0 Å². The summed E-state index contributed by atoms with van der Waals surface area (Å²) < 4.78 is 29.8. The summed E-state index contributed by atoms with van der Waals surface area (Å²) in [6.07, 6.45) is 0. The first kappa shape index (κ1) is 19.1. The fourth-order valence-corrected chi connectivity index (χ4v) is 2.87. The Hall–Kier alpha value is -2.64. The van der Waals surface area contributed by atoms with Crippen molar-refractivity contribution in [3.63, 3.8) is 0 Å². The van der Waals surface area contributed by atoms with E-state index < -0.39 is 0 Å². The van der Waals surface area contributed by atoms with E-state index in [2.05, 4.69) is 10.1 Å². The first-order valence-electron chi connectivity index (χ1n) is 8.18. The monoisotopic (exact) mass is 391 g/mol. The number of nitrogens with zero attached hydrogens (tertiary/aromatic N) is 3. The van der Waals surface area contributed by atoms with Gasteiger partial charge in [-0.2, -0.15) is 4.98 Å². The van der Waals surface area contributed by atoms with Crippen LogP contribution in [0.25, 0.3) is 11.4 Å². The van der Waals surface area contributed by atoms with Crippen LogP contribution in [0.2, 0.25) is 5.02 Å². The second-order valence-corrected chi connectivity index (χ2v) is 6.36. The predicted octanol–water partition coefficient (Wildman–Crippen LogP) is 4.18. The van der Waals surface area contributed by atoms with E-state index in [-0.39, 0.29) is 5.82 Å². The Kier molecular flexibility index (Phi) is 5.93. The molecule has 0 spiro atoms. The third-order valence-corrected chi connectivity index (χ3v) is 4.37. The Balaban J connectivity index is 1.74. The van der Waals surface area contributed by atoms with E-state index in [0.29, 0.717) is 52.5 Å². The molecule has 27 heavy (non-hydrogen) atoms. The Morgan fingerprint density at radius 2 is 1.96 bits per heavy atom. The minimum Gasteiger partial charge on any atom is -0.497 e. The Labute approximate surface area is 161 Å². The molecule has 1 heterocycles. The molecule has 6 nitrogen and oxygen atoms in total. The highest BCUT2D eigenvalue weighted by atomic mass is 35.5. The summed E-state index contributed by atoms with van der Waals surface area (Å²) in [5, 5.41) is 4.40. The van der Waals surface area contributed by atoms with E-state index in [1.165, 1.54) is 6.07 Å². The smallest absolute Gasteiger partial charge is 0.241 e. The van der Waals surface area contributed by atoms with Gasteiger partial charge in [-0.25, -0.2) is 4.39 Å². The topological polar surface area (TPSA) is 60.6 Å². The summed E-state index contributed by atoms with van der Waals surface area (Å²) in [7, 11) is 4.96. The van der Waals surface area contributed by atoms with E-state index in [9.17, 15) is 4.39 Å². The van der Waals surface area contributed by atoms with Crippen molar-refractivity contribution in [2.45, 2.75) is 13.1 Å². The van der Waals surface area contributed by atoms with Gasteiger partial charge in [0, 0.05) is 23.2 Å². The molecule has 0 N–H and O–H groups in total. The largest absolute Gasteiger partial charge is 0.497 e. The molecule has 142 valence electrons. The van der Waals surface area contributed by atoms with Gasteiger partial charge in [0.05, 0.1) is 26.3 Å². The van der Waals surface area contributed by atoms with Crippen molar-refractivity contribution in [3.05, 3.63) is 58.7 Å². The summed E-state index contributed by atoms with van der Waals surface area (Å²) in [5.74, 6) is 1.71. The molecule has 0 amide bonds. The Bertz CT molecular complexity index is 912. The van der Waals surface area contributed by atoms with Crippen LogP contribution >= 0.6 is 11.6 Å². The molecule has 8 heteroatoms. The normalized spacial score (nSPS) is 11.0. The zero-order valence-electron chi connectivity index (χ0n) is 15.2. The van der Waals surface area contributed by atoms with Crippen LogP contribution in [0.4, 0.5) is 4.39 Å². The number of benzene rings is 2. The van der Waals surface area contributed by atoms with Gasteiger partial charge >= 0.3 is 0 Å². The van der Waals surface area contributed by atoms with Gasteiger partial charge in [-0.1, -0.05) is 22.8 Å². The fourth-order valence-electron chi connectivity index (χ4n) is 2.65. The minimum absolute atomic E-state index is 0.315. The maximum Gasteiger partial charge on any atom is 0.241 e. The molecule has 0 aliphatic heterocycles. The molecule has 1 aromatic heterocycles. The van der Waals surface area contributed by atoms with Gasteiger partial charge < -0.3 is 14.0 Å². The number of rotatable bonds is 7. The molecular weight excluding hydrogens is 373 g/mol. The summed E-state index contributed by atoms with van der Waals surface area (Å²) in [6.45, 7) is 0.658. The molecule has 0 atom stereocenters. The number of hydrogen-bond donors (Lipinski definition) is 0. The second-order valence-electron chi connectivity index (χ2n) is 5.95. The standard InChI is InChI=1S/C19H19ClFN3O3/c1-24(10-14-15(20)5-4-6-16(14)21)11-18-22-19(23-27-18)13-8-7-12(25-2)9-17(13)26-3/h4-9H,10-11H2,1-3H3. The maximum atomic E-state index is 13.9. The van der Waals surface area contributed by atoms with Crippen LogP contribution in [0.5, 0.6) is 11.5 Å². The SMILES string of the molecule is COc1ccc(-c2noc(CN(C)Cc3c(F)cccc3Cl)n2)c(OC)c1. The quantitative estimate of drug-likeness (QED) is 0.602. The molecule has 0 saturated carbocycles. The molecule has 0 radical (unpaired) electrons. The van der Waals surface area contributed by atoms with Gasteiger partial charge in [0.25, 0.3) is 0 Å². The van der Waals surface area contributed by atoms with Crippen molar-refractivity contribution in [3.8, 4) is 22.9 Å². The van der Waals surface area contributed by atoms with Crippen molar-refractivity contribution >= 4 is 11.6 Å². The maximum absolute atomic E-state index is 13.9. The lowest BCUT2D eigenvalue weighted by Gasteiger charge is -2.15. The molecule has 0 aliphatic rings. The summed E-state index contributed by atoms with van der Waals surface area (Å²) in [6, 6.07) is 9.96. The van der Waals surface area contributed by atoms with Crippen LogP contribution in [0.1, 0.15) is 11.5 Å². The van der Waals surface area contributed by atoms with E-state index in [4.69, 9.17) is 25.6 Å². The average molecular weight is 392 g/mol.